The summed E-state index contributed by atoms with van der Waals surface area (Å²) in [6.45, 7) is 3.07. The molecule has 0 radical (unpaired) electrons. The molecule has 1 aromatic carbocycles. The van der Waals surface area contributed by atoms with E-state index in [1.54, 1.807) is 0 Å². The number of amides is 1. The molecule has 23 heavy (non-hydrogen) atoms. The number of carbonyl (C=O) groups excluding carboxylic acids is 1. The van der Waals surface area contributed by atoms with Gasteiger partial charge in [-0.05, 0) is 42.7 Å². The second kappa shape index (κ2) is 6.00. The number of carbonyl (C=O) groups is 1. The van der Waals surface area contributed by atoms with Crippen LogP contribution >= 0.6 is 0 Å². The number of nitrogens with zero attached hydrogens (tertiary/aromatic N) is 2. The van der Waals surface area contributed by atoms with E-state index in [0.717, 1.165) is 19.4 Å². The Labute approximate surface area is 138 Å². The Morgan fingerprint density at radius 2 is 1.96 bits per heavy atom. The molecule has 2 fully saturated rings. The highest BCUT2D eigenvalue weighted by Crippen LogP contribution is 2.33. The molecule has 1 N–H and O–H groups in total. The zero-order valence-electron chi connectivity index (χ0n) is 13.7. The minimum atomic E-state index is -0.0593. The lowest BCUT2D eigenvalue weighted by atomic mass is 9.85. The van der Waals surface area contributed by atoms with Gasteiger partial charge in [-0.15, -0.1) is 0 Å². The molecular weight excluding hydrogens is 286 g/mol. The molecule has 1 saturated heterocycles. The van der Waals surface area contributed by atoms with Gasteiger partial charge in [0.15, 0.2) is 0 Å². The van der Waals surface area contributed by atoms with E-state index in [1.807, 2.05) is 22.3 Å². The standard InChI is InChI=1S/C19H25N3O/c1-2-14-6-8-16(9-7-14)17-12-18-19(23)21(10-11-22(18)20-17)13-15-4-3-5-15/h6-11,15,17-18,20H,2-5,12-13H2,1H3. The van der Waals surface area contributed by atoms with Gasteiger partial charge in [-0.2, -0.15) is 0 Å². The van der Waals surface area contributed by atoms with E-state index in [4.69, 9.17) is 0 Å². The summed E-state index contributed by atoms with van der Waals surface area (Å²) >= 11 is 0. The van der Waals surface area contributed by atoms with Crippen LogP contribution in [0.1, 0.15) is 49.8 Å². The number of aryl methyl sites for hydroxylation is 1. The van der Waals surface area contributed by atoms with Crippen molar-refractivity contribution in [1.29, 1.82) is 0 Å². The quantitative estimate of drug-likeness (QED) is 0.928. The lowest BCUT2D eigenvalue weighted by molar-refractivity contribution is -0.135. The van der Waals surface area contributed by atoms with E-state index < -0.39 is 0 Å². The number of hydrogen-bond donors (Lipinski definition) is 1. The molecule has 122 valence electrons. The molecule has 1 aromatic rings. The predicted molar refractivity (Wildman–Crippen MR) is 90.1 cm³/mol. The average Bonchev–Trinajstić information content (AvgIpc) is 2.98. The van der Waals surface area contributed by atoms with Crippen molar-refractivity contribution in [1.82, 2.24) is 15.3 Å². The number of rotatable bonds is 4. The summed E-state index contributed by atoms with van der Waals surface area (Å²) in [4.78, 5) is 14.7. The Balaban J connectivity index is 1.44. The first-order valence-electron chi connectivity index (χ1n) is 8.86. The zero-order valence-corrected chi connectivity index (χ0v) is 13.7. The molecule has 3 aliphatic rings. The number of nitrogens with one attached hydrogen (secondary N) is 1. The largest absolute Gasteiger partial charge is 0.315 e. The fraction of sp³-hybridized carbons (Fsp3) is 0.526. The normalized spacial score (nSPS) is 27.3. The molecule has 1 saturated carbocycles. The first kappa shape index (κ1) is 14.8. The van der Waals surface area contributed by atoms with Crippen LogP contribution in [-0.4, -0.2) is 28.4 Å². The smallest absolute Gasteiger partial charge is 0.250 e. The highest BCUT2D eigenvalue weighted by atomic mass is 16.2. The van der Waals surface area contributed by atoms with E-state index in [1.165, 1.54) is 30.4 Å². The van der Waals surface area contributed by atoms with Gasteiger partial charge in [-0.3, -0.25) is 4.79 Å². The molecule has 1 aliphatic carbocycles. The first-order chi connectivity index (χ1) is 11.2. The van der Waals surface area contributed by atoms with E-state index in [-0.39, 0.29) is 18.0 Å². The van der Waals surface area contributed by atoms with E-state index in [9.17, 15) is 4.79 Å². The Morgan fingerprint density at radius 3 is 2.61 bits per heavy atom. The van der Waals surface area contributed by atoms with E-state index in [0.29, 0.717) is 5.92 Å². The summed E-state index contributed by atoms with van der Waals surface area (Å²) in [5, 5.41) is 2.00. The molecule has 2 aliphatic heterocycles. The monoisotopic (exact) mass is 311 g/mol. The van der Waals surface area contributed by atoms with Crippen molar-refractivity contribution >= 4 is 5.91 Å². The van der Waals surface area contributed by atoms with Gasteiger partial charge in [0.1, 0.15) is 6.04 Å². The molecule has 0 spiro atoms. The van der Waals surface area contributed by atoms with Crippen LogP contribution in [0.25, 0.3) is 0 Å². The zero-order chi connectivity index (χ0) is 15.8. The molecule has 4 nitrogen and oxygen atoms in total. The molecule has 4 rings (SSSR count). The SMILES string of the molecule is CCc1ccc(C2CC3C(=O)N(CC4CCC4)C=CN3N2)cc1. The van der Waals surface area contributed by atoms with Gasteiger partial charge in [0, 0.05) is 18.9 Å². The average molecular weight is 311 g/mol. The molecule has 1 amide bonds. The molecule has 0 aromatic heterocycles. The van der Waals surface area contributed by atoms with Crippen LogP contribution in [0.4, 0.5) is 0 Å². The van der Waals surface area contributed by atoms with Crippen LogP contribution in [0.5, 0.6) is 0 Å². The number of benzene rings is 1. The molecule has 2 unspecified atom stereocenters. The van der Waals surface area contributed by atoms with Crippen LogP contribution in [0, 0.1) is 5.92 Å². The summed E-state index contributed by atoms with van der Waals surface area (Å²) in [7, 11) is 0. The van der Waals surface area contributed by atoms with E-state index in [2.05, 4.69) is 36.6 Å². The van der Waals surface area contributed by atoms with Crippen molar-refractivity contribution < 1.29 is 4.79 Å². The summed E-state index contributed by atoms with van der Waals surface area (Å²) in [6, 6.07) is 8.92. The minimum absolute atomic E-state index is 0.0593. The van der Waals surface area contributed by atoms with E-state index >= 15 is 0 Å². The second-order valence-corrected chi connectivity index (χ2v) is 7.02. The Morgan fingerprint density at radius 1 is 1.17 bits per heavy atom. The maximum atomic E-state index is 12.8. The van der Waals surface area contributed by atoms with Gasteiger partial charge in [0.05, 0.1) is 6.04 Å². The Kier molecular flexibility index (Phi) is 3.85. The number of hydrazine groups is 1. The van der Waals surface area contributed by atoms with Gasteiger partial charge in [-0.1, -0.05) is 37.6 Å². The number of hydrogen-bond acceptors (Lipinski definition) is 3. The van der Waals surface area contributed by atoms with Gasteiger partial charge in [0.2, 0.25) is 0 Å². The van der Waals surface area contributed by atoms with Crippen molar-refractivity contribution in [3.8, 4) is 0 Å². The minimum Gasteiger partial charge on any atom is -0.315 e. The maximum absolute atomic E-state index is 12.8. The third-order valence-corrected chi connectivity index (χ3v) is 5.54. The molecule has 2 atom stereocenters. The summed E-state index contributed by atoms with van der Waals surface area (Å²) in [5.74, 6) is 0.960. The van der Waals surface area contributed by atoms with Gasteiger partial charge >= 0.3 is 0 Å². The van der Waals surface area contributed by atoms with Gasteiger partial charge < -0.3 is 9.91 Å². The predicted octanol–water partition coefficient (Wildman–Crippen LogP) is 2.98. The highest BCUT2D eigenvalue weighted by molar-refractivity contribution is 5.84. The van der Waals surface area contributed by atoms with Crippen molar-refractivity contribution in [2.24, 2.45) is 5.92 Å². The van der Waals surface area contributed by atoms with Crippen molar-refractivity contribution in [2.45, 2.75) is 51.1 Å². The van der Waals surface area contributed by atoms with Crippen LogP contribution in [0.2, 0.25) is 0 Å². The molecule has 2 heterocycles. The Hall–Kier alpha value is -1.81. The van der Waals surface area contributed by atoms with Crippen LogP contribution in [-0.2, 0) is 11.2 Å². The fourth-order valence-electron chi connectivity index (χ4n) is 3.74. The number of fused-ring (bicyclic) bond motifs is 1. The van der Waals surface area contributed by atoms with Crippen molar-refractivity contribution in [3.05, 3.63) is 47.8 Å². The second-order valence-electron chi connectivity index (χ2n) is 7.02. The van der Waals surface area contributed by atoms with Crippen molar-refractivity contribution in [2.75, 3.05) is 6.54 Å². The topological polar surface area (TPSA) is 35.6 Å². The van der Waals surface area contributed by atoms with Gasteiger partial charge in [0.25, 0.3) is 5.91 Å². The van der Waals surface area contributed by atoms with Crippen molar-refractivity contribution in [3.63, 3.8) is 0 Å². The Bertz CT molecular complexity index is 606. The van der Waals surface area contributed by atoms with Crippen LogP contribution in [0.3, 0.4) is 0 Å². The summed E-state index contributed by atoms with van der Waals surface area (Å²) in [6.07, 6.45) is 9.76. The van der Waals surface area contributed by atoms with Crippen LogP contribution < -0.4 is 5.43 Å². The van der Waals surface area contributed by atoms with Gasteiger partial charge in [-0.25, -0.2) is 5.43 Å². The summed E-state index contributed by atoms with van der Waals surface area (Å²) < 4.78 is 0. The fourth-order valence-corrected chi connectivity index (χ4v) is 3.74. The lowest BCUT2D eigenvalue weighted by Gasteiger charge is -2.36. The molecular formula is C19H25N3O. The summed E-state index contributed by atoms with van der Waals surface area (Å²) in [5.41, 5.74) is 6.10. The lowest BCUT2D eigenvalue weighted by Crippen LogP contribution is -2.49. The molecule has 0 bridgehead atoms. The maximum Gasteiger partial charge on any atom is 0.250 e. The first-order valence-corrected chi connectivity index (χ1v) is 8.86. The third kappa shape index (κ3) is 2.76. The molecule has 4 heteroatoms. The highest BCUT2D eigenvalue weighted by Gasteiger charge is 2.40. The van der Waals surface area contributed by atoms with Crippen LogP contribution in [0.15, 0.2) is 36.7 Å². The third-order valence-electron chi connectivity index (χ3n) is 5.54.